The molecular weight excluding hydrogens is 530 g/mol. The maximum Gasteiger partial charge on any atom is 0.244 e. The minimum atomic E-state index is -3.81. The summed E-state index contributed by atoms with van der Waals surface area (Å²) in [5.41, 5.74) is 1.77. The standard InChI is InChI=1S/C23H29BrClN3O4S/c1-15(2)26-23(30)17(4)27(13-18-7-6-8-19(24)11-18)22(29)14-28(33(5,31)32)21-12-20(25)10-9-16(21)3/h6-12,15,17H,13-14H2,1-5H3,(H,26,30)/t17-/m1/s1. The Morgan fingerprint density at radius 1 is 1.12 bits per heavy atom. The summed E-state index contributed by atoms with van der Waals surface area (Å²) in [6.07, 6.45) is 1.04. The number of nitrogens with zero attached hydrogens (tertiary/aromatic N) is 2. The fraction of sp³-hybridized carbons (Fsp3) is 0.391. The Bertz CT molecular complexity index is 1120. The van der Waals surface area contributed by atoms with Crippen LogP contribution in [-0.4, -0.2) is 50.0 Å². The van der Waals surface area contributed by atoms with Crippen LogP contribution in [0, 0.1) is 6.92 Å². The van der Waals surface area contributed by atoms with E-state index in [1.54, 1.807) is 26.0 Å². The highest BCUT2D eigenvalue weighted by molar-refractivity contribution is 9.10. The molecule has 2 amide bonds. The summed E-state index contributed by atoms with van der Waals surface area (Å²) in [6, 6.07) is 11.3. The van der Waals surface area contributed by atoms with E-state index < -0.39 is 28.5 Å². The Kier molecular flexibility index (Phi) is 9.34. The number of nitrogens with one attached hydrogen (secondary N) is 1. The van der Waals surface area contributed by atoms with Crippen LogP contribution in [0.5, 0.6) is 0 Å². The van der Waals surface area contributed by atoms with Crippen LogP contribution in [-0.2, 0) is 26.2 Å². The lowest BCUT2D eigenvalue weighted by Gasteiger charge is -2.32. The van der Waals surface area contributed by atoms with Crippen LogP contribution in [0.3, 0.4) is 0 Å². The Morgan fingerprint density at radius 3 is 2.36 bits per heavy atom. The zero-order valence-electron chi connectivity index (χ0n) is 19.3. The minimum Gasteiger partial charge on any atom is -0.352 e. The predicted molar refractivity (Wildman–Crippen MR) is 136 cm³/mol. The van der Waals surface area contributed by atoms with Crippen LogP contribution in [0.15, 0.2) is 46.9 Å². The molecule has 0 unspecified atom stereocenters. The molecule has 0 saturated heterocycles. The van der Waals surface area contributed by atoms with Crippen molar-refractivity contribution in [2.45, 2.75) is 46.3 Å². The fourth-order valence-electron chi connectivity index (χ4n) is 3.27. The molecule has 2 aromatic rings. The van der Waals surface area contributed by atoms with Crippen molar-refractivity contribution in [2.75, 3.05) is 17.1 Å². The summed E-state index contributed by atoms with van der Waals surface area (Å²) in [4.78, 5) is 27.6. The number of aryl methyl sites for hydroxylation is 1. The summed E-state index contributed by atoms with van der Waals surface area (Å²) >= 11 is 9.52. The summed E-state index contributed by atoms with van der Waals surface area (Å²) in [7, 11) is -3.81. The van der Waals surface area contributed by atoms with Gasteiger partial charge in [-0.2, -0.15) is 0 Å². The van der Waals surface area contributed by atoms with Crippen LogP contribution in [0.2, 0.25) is 5.02 Å². The summed E-state index contributed by atoms with van der Waals surface area (Å²) in [5, 5.41) is 3.17. The quantitative estimate of drug-likeness (QED) is 0.502. The zero-order valence-corrected chi connectivity index (χ0v) is 22.5. The lowest BCUT2D eigenvalue weighted by molar-refractivity contribution is -0.139. The van der Waals surface area contributed by atoms with Gasteiger partial charge in [0.2, 0.25) is 21.8 Å². The van der Waals surface area contributed by atoms with E-state index in [0.717, 1.165) is 20.6 Å². The van der Waals surface area contributed by atoms with E-state index in [-0.39, 0.29) is 18.5 Å². The van der Waals surface area contributed by atoms with Gasteiger partial charge in [0.25, 0.3) is 0 Å². The molecule has 0 radical (unpaired) electrons. The molecule has 0 saturated carbocycles. The molecular formula is C23H29BrClN3O4S. The van der Waals surface area contributed by atoms with Crippen LogP contribution in [0.1, 0.15) is 31.9 Å². The molecule has 33 heavy (non-hydrogen) atoms. The van der Waals surface area contributed by atoms with Gasteiger partial charge < -0.3 is 10.2 Å². The largest absolute Gasteiger partial charge is 0.352 e. The van der Waals surface area contributed by atoms with Gasteiger partial charge in [-0.15, -0.1) is 0 Å². The first kappa shape index (κ1) is 27.1. The molecule has 7 nitrogen and oxygen atoms in total. The van der Waals surface area contributed by atoms with Gasteiger partial charge in [-0.3, -0.25) is 13.9 Å². The Hall–Kier alpha value is -2.10. The van der Waals surface area contributed by atoms with Gasteiger partial charge in [0.1, 0.15) is 12.6 Å². The predicted octanol–water partition coefficient (Wildman–Crippen LogP) is 4.12. The molecule has 0 fully saturated rings. The summed E-state index contributed by atoms with van der Waals surface area (Å²) < 4.78 is 27.1. The zero-order chi connectivity index (χ0) is 24.9. The van der Waals surface area contributed by atoms with Gasteiger partial charge in [0.05, 0.1) is 11.9 Å². The van der Waals surface area contributed by atoms with E-state index >= 15 is 0 Å². The second kappa shape index (κ2) is 11.4. The molecule has 2 rings (SSSR count). The molecule has 0 bridgehead atoms. The van der Waals surface area contributed by atoms with Crippen molar-refractivity contribution in [3.8, 4) is 0 Å². The molecule has 10 heteroatoms. The molecule has 2 aromatic carbocycles. The Balaban J connectivity index is 2.44. The number of anilines is 1. The third-order valence-electron chi connectivity index (χ3n) is 4.96. The average Bonchev–Trinajstić information content (AvgIpc) is 2.70. The number of amides is 2. The summed E-state index contributed by atoms with van der Waals surface area (Å²) in [5.74, 6) is -0.829. The van der Waals surface area contributed by atoms with Crippen LogP contribution >= 0.6 is 27.5 Å². The van der Waals surface area contributed by atoms with Crippen molar-refractivity contribution in [3.05, 3.63) is 63.1 Å². The first-order chi connectivity index (χ1) is 15.3. The number of rotatable bonds is 9. The smallest absolute Gasteiger partial charge is 0.244 e. The van der Waals surface area contributed by atoms with E-state index in [2.05, 4.69) is 21.2 Å². The maximum atomic E-state index is 13.5. The average molecular weight is 559 g/mol. The molecule has 0 aliphatic rings. The minimum absolute atomic E-state index is 0.107. The van der Waals surface area contributed by atoms with Crippen LogP contribution < -0.4 is 9.62 Å². The van der Waals surface area contributed by atoms with Gasteiger partial charge in [0, 0.05) is 22.1 Å². The Morgan fingerprint density at radius 2 is 1.79 bits per heavy atom. The van der Waals surface area contributed by atoms with Gasteiger partial charge in [0.15, 0.2) is 0 Å². The van der Waals surface area contributed by atoms with Gasteiger partial charge in [-0.1, -0.05) is 45.7 Å². The highest BCUT2D eigenvalue weighted by Gasteiger charge is 2.30. The first-order valence-corrected chi connectivity index (χ1v) is 13.4. The number of hydrogen-bond donors (Lipinski definition) is 1. The van der Waals surface area contributed by atoms with Crippen molar-refractivity contribution < 1.29 is 18.0 Å². The molecule has 0 aliphatic heterocycles. The van der Waals surface area contributed by atoms with Crippen molar-refractivity contribution in [1.82, 2.24) is 10.2 Å². The number of halogens is 2. The van der Waals surface area contributed by atoms with Gasteiger partial charge >= 0.3 is 0 Å². The SMILES string of the molecule is Cc1ccc(Cl)cc1N(CC(=O)N(Cc1cccc(Br)c1)[C@H](C)C(=O)NC(C)C)S(C)(=O)=O. The van der Waals surface area contributed by atoms with Gasteiger partial charge in [-0.25, -0.2) is 8.42 Å². The van der Waals surface area contributed by atoms with E-state index in [4.69, 9.17) is 11.6 Å². The van der Waals surface area contributed by atoms with E-state index in [1.165, 1.54) is 11.0 Å². The summed E-state index contributed by atoms with van der Waals surface area (Å²) in [6.45, 7) is 6.70. The lowest BCUT2D eigenvalue weighted by atomic mass is 10.1. The second-order valence-electron chi connectivity index (χ2n) is 8.19. The van der Waals surface area contributed by atoms with Crippen molar-refractivity contribution in [1.29, 1.82) is 0 Å². The number of carbonyl (C=O) groups excluding carboxylic acids is 2. The molecule has 0 heterocycles. The second-order valence-corrected chi connectivity index (χ2v) is 11.5. The monoisotopic (exact) mass is 557 g/mol. The van der Waals surface area contributed by atoms with Crippen LogP contribution in [0.4, 0.5) is 5.69 Å². The molecule has 1 atom stereocenters. The number of carbonyl (C=O) groups is 2. The highest BCUT2D eigenvalue weighted by Crippen LogP contribution is 2.27. The third kappa shape index (κ3) is 7.72. The highest BCUT2D eigenvalue weighted by atomic mass is 79.9. The maximum absolute atomic E-state index is 13.5. The number of benzene rings is 2. The molecule has 0 aliphatic carbocycles. The fourth-order valence-corrected chi connectivity index (χ4v) is 4.78. The molecule has 0 aromatic heterocycles. The van der Waals surface area contributed by atoms with E-state index in [0.29, 0.717) is 16.3 Å². The lowest BCUT2D eigenvalue weighted by Crippen LogP contribution is -2.52. The molecule has 180 valence electrons. The van der Waals surface area contributed by atoms with E-state index in [9.17, 15) is 18.0 Å². The number of sulfonamides is 1. The van der Waals surface area contributed by atoms with Gasteiger partial charge in [-0.05, 0) is 63.1 Å². The first-order valence-electron chi connectivity index (χ1n) is 10.4. The molecule has 1 N–H and O–H groups in total. The van der Waals surface area contributed by atoms with Crippen molar-refractivity contribution >= 4 is 55.1 Å². The Labute approximate surface area is 209 Å². The van der Waals surface area contributed by atoms with Crippen molar-refractivity contribution in [3.63, 3.8) is 0 Å². The molecule has 0 spiro atoms. The number of hydrogen-bond acceptors (Lipinski definition) is 4. The van der Waals surface area contributed by atoms with Crippen LogP contribution in [0.25, 0.3) is 0 Å². The normalized spacial score (nSPS) is 12.4. The third-order valence-corrected chi connectivity index (χ3v) is 6.81. The topological polar surface area (TPSA) is 86.8 Å². The van der Waals surface area contributed by atoms with E-state index in [1.807, 2.05) is 38.1 Å². The van der Waals surface area contributed by atoms with Crippen molar-refractivity contribution in [2.24, 2.45) is 0 Å².